The van der Waals surface area contributed by atoms with E-state index >= 15 is 0 Å². The Hall–Kier alpha value is -3.36. The average Bonchev–Trinajstić information content (AvgIpc) is 3.35. The van der Waals surface area contributed by atoms with Gasteiger partial charge in [0.2, 0.25) is 5.82 Å². The van der Waals surface area contributed by atoms with Crippen molar-refractivity contribution in [3.63, 3.8) is 0 Å². The first-order valence-electron chi connectivity index (χ1n) is 8.41. The van der Waals surface area contributed by atoms with E-state index in [1.165, 1.54) is 0 Å². The summed E-state index contributed by atoms with van der Waals surface area (Å²) < 4.78 is 20.8. The number of ether oxygens (including phenoxy) is 3. The van der Waals surface area contributed by atoms with E-state index in [4.69, 9.17) is 18.7 Å². The summed E-state index contributed by atoms with van der Waals surface area (Å²) in [7, 11) is 3.10. The van der Waals surface area contributed by atoms with E-state index in [0.29, 0.717) is 22.9 Å². The summed E-state index contributed by atoms with van der Waals surface area (Å²) in [5.41, 5.74) is 1.79. The van der Waals surface area contributed by atoms with Crippen LogP contribution >= 0.6 is 0 Å². The van der Waals surface area contributed by atoms with Crippen LogP contribution in [0.4, 0.5) is 0 Å². The average molecular weight is 372 g/mol. The molecule has 1 N–H and O–H groups in total. The van der Waals surface area contributed by atoms with Crippen molar-refractivity contribution >= 4 is 5.97 Å². The van der Waals surface area contributed by atoms with Crippen LogP contribution in [0.1, 0.15) is 35.4 Å². The van der Waals surface area contributed by atoms with Gasteiger partial charge in [0.15, 0.2) is 23.8 Å². The molecule has 0 aliphatic heterocycles. The highest BCUT2D eigenvalue weighted by atomic mass is 16.6. The number of nitrogens with zero attached hydrogens (tertiary/aromatic N) is 3. The van der Waals surface area contributed by atoms with Crippen LogP contribution in [0, 0.1) is 0 Å². The Bertz CT molecular complexity index is 918. The minimum absolute atomic E-state index is 0.144. The van der Waals surface area contributed by atoms with Gasteiger partial charge in [0.05, 0.1) is 14.2 Å². The molecule has 0 aliphatic carbocycles. The lowest BCUT2D eigenvalue weighted by atomic mass is 10.2. The molecule has 2 aromatic heterocycles. The summed E-state index contributed by atoms with van der Waals surface area (Å²) in [4.78, 5) is 16.3. The number of aryl methyl sites for hydroxylation is 1. The normalized spacial score (nSPS) is 10.6. The molecule has 0 radical (unpaired) electrons. The number of H-pyrrole nitrogens is 1. The highest BCUT2D eigenvalue weighted by molar-refractivity contribution is 5.87. The molecule has 0 bridgehead atoms. The van der Waals surface area contributed by atoms with Gasteiger partial charge in [0, 0.05) is 11.3 Å². The molecule has 9 heteroatoms. The van der Waals surface area contributed by atoms with Gasteiger partial charge in [-0.05, 0) is 30.7 Å². The van der Waals surface area contributed by atoms with E-state index in [1.807, 2.05) is 6.92 Å². The third-order valence-electron chi connectivity index (χ3n) is 3.80. The zero-order valence-electron chi connectivity index (χ0n) is 15.3. The van der Waals surface area contributed by atoms with Crippen molar-refractivity contribution in [2.75, 3.05) is 14.2 Å². The van der Waals surface area contributed by atoms with E-state index in [2.05, 4.69) is 20.3 Å². The molecule has 3 aromatic rings. The highest BCUT2D eigenvalue weighted by Gasteiger charge is 2.16. The number of hydrogen-bond acceptors (Lipinski definition) is 8. The largest absolute Gasteiger partial charge is 0.493 e. The Balaban J connectivity index is 1.64. The second-order valence-electron chi connectivity index (χ2n) is 5.69. The van der Waals surface area contributed by atoms with Crippen LogP contribution in [0.25, 0.3) is 11.4 Å². The maximum absolute atomic E-state index is 12.0. The lowest BCUT2D eigenvalue weighted by Gasteiger charge is -2.07. The van der Waals surface area contributed by atoms with Crippen molar-refractivity contribution in [2.45, 2.75) is 26.4 Å². The molecule has 142 valence electrons. The van der Waals surface area contributed by atoms with Gasteiger partial charge < -0.3 is 18.7 Å². The third kappa shape index (κ3) is 4.25. The zero-order chi connectivity index (χ0) is 19.2. The number of esters is 1. The fraction of sp³-hybridized carbons (Fsp3) is 0.333. The number of aromatic amines is 1. The van der Waals surface area contributed by atoms with Gasteiger partial charge in [-0.15, -0.1) is 0 Å². The van der Waals surface area contributed by atoms with Gasteiger partial charge >= 0.3 is 5.97 Å². The molecule has 0 spiro atoms. The van der Waals surface area contributed by atoms with Crippen molar-refractivity contribution < 1.29 is 23.5 Å². The smallest absolute Gasteiger partial charge is 0.359 e. The Kier molecular flexibility index (Phi) is 5.70. The Morgan fingerprint density at radius 2 is 2.00 bits per heavy atom. The van der Waals surface area contributed by atoms with E-state index in [1.54, 1.807) is 38.5 Å². The van der Waals surface area contributed by atoms with Gasteiger partial charge in [0.1, 0.15) is 0 Å². The summed E-state index contributed by atoms with van der Waals surface area (Å²) in [6.07, 6.45) is 1.77. The lowest BCUT2D eigenvalue weighted by Crippen LogP contribution is -2.05. The second-order valence-corrected chi connectivity index (χ2v) is 5.69. The van der Waals surface area contributed by atoms with Crippen molar-refractivity contribution in [2.24, 2.45) is 0 Å². The fourth-order valence-corrected chi connectivity index (χ4v) is 2.47. The van der Waals surface area contributed by atoms with Crippen molar-refractivity contribution in [3.05, 3.63) is 41.5 Å². The number of aromatic nitrogens is 4. The molecule has 0 unspecified atom stereocenters. The number of benzene rings is 1. The molecule has 27 heavy (non-hydrogen) atoms. The molecule has 0 saturated heterocycles. The molecule has 1 aromatic carbocycles. The summed E-state index contributed by atoms with van der Waals surface area (Å²) in [5.74, 6) is 1.12. The van der Waals surface area contributed by atoms with Gasteiger partial charge in [-0.1, -0.05) is 18.5 Å². The van der Waals surface area contributed by atoms with Crippen LogP contribution in [0.5, 0.6) is 11.5 Å². The van der Waals surface area contributed by atoms with Gasteiger partial charge in [0.25, 0.3) is 5.89 Å². The van der Waals surface area contributed by atoms with Gasteiger partial charge in [-0.2, -0.15) is 10.1 Å². The van der Waals surface area contributed by atoms with E-state index in [-0.39, 0.29) is 18.2 Å². The fourth-order valence-electron chi connectivity index (χ4n) is 2.47. The third-order valence-corrected chi connectivity index (χ3v) is 3.80. The molecule has 2 heterocycles. The number of nitrogens with one attached hydrogen (secondary N) is 1. The molecule has 3 rings (SSSR count). The van der Waals surface area contributed by atoms with E-state index in [9.17, 15) is 4.79 Å². The molecular weight excluding hydrogens is 352 g/mol. The minimum atomic E-state index is -0.556. The maximum Gasteiger partial charge on any atom is 0.359 e. The Morgan fingerprint density at radius 3 is 2.74 bits per heavy atom. The van der Waals surface area contributed by atoms with E-state index < -0.39 is 5.97 Å². The number of carbonyl (C=O) groups is 1. The standard InChI is InChI=1S/C18H20N4O5/c1-4-5-12-9-13(21-20-12)18(23)26-10-16-19-17(22-27-16)11-6-7-14(24-2)15(8-11)25-3/h6-9H,4-5,10H2,1-3H3,(H,20,21). The zero-order valence-corrected chi connectivity index (χ0v) is 15.3. The first-order chi connectivity index (χ1) is 13.1. The van der Waals surface area contributed by atoms with Crippen molar-refractivity contribution in [1.82, 2.24) is 20.3 Å². The first-order valence-corrected chi connectivity index (χ1v) is 8.41. The van der Waals surface area contributed by atoms with Crippen molar-refractivity contribution in [1.29, 1.82) is 0 Å². The SMILES string of the molecule is CCCc1cc(C(=O)OCc2nc(-c3ccc(OC)c(OC)c3)no2)n[nH]1. The number of rotatable bonds is 8. The predicted octanol–water partition coefficient (Wildman–Crippen LogP) is 2.79. The molecule has 9 nitrogen and oxygen atoms in total. The molecule has 0 fully saturated rings. The topological polar surface area (TPSA) is 112 Å². The first kappa shape index (κ1) is 18.4. The molecular formula is C18H20N4O5. The van der Waals surface area contributed by atoms with Crippen molar-refractivity contribution in [3.8, 4) is 22.9 Å². The van der Waals surface area contributed by atoms with E-state index in [0.717, 1.165) is 18.5 Å². The molecule has 0 atom stereocenters. The summed E-state index contributed by atoms with van der Waals surface area (Å²) in [5, 5.41) is 10.7. The van der Waals surface area contributed by atoms with Gasteiger partial charge in [-0.3, -0.25) is 5.10 Å². The maximum atomic E-state index is 12.0. The Labute approximate surface area is 155 Å². The van der Waals surface area contributed by atoms with Crippen LogP contribution in [-0.4, -0.2) is 40.5 Å². The van der Waals surface area contributed by atoms with Crippen LogP contribution < -0.4 is 9.47 Å². The second kappa shape index (κ2) is 8.35. The molecule has 0 aliphatic rings. The summed E-state index contributed by atoms with van der Waals surface area (Å²) >= 11 is 0. The Morgan fingerprint density at radius 1 is 1.19 bits per heavy atom. The predicted molar refractivity (Wildman–Crippen MR) is 94.5 cm³/mol. The lowest BCUT2D eigenvalue weighted by molar-refractivity contribution is 0.0423. The number of hydrogen-bond donors (Lipinski definition) is 1. The number of carbonyl (C=O) groups excluding carboxylic acids is 1. The monoisotopic (exact) mass is 372 g/mol. The molecule has 0 amide bonds. The quantitative estimate of drug-likeness (QED) is 0.601. The summed E-state index contributed by atoms with van der Waals surface area (Å²) in [6.45, 7) is 1.90. The van der Waals surface area contributed by atoms with Gasteiger partial charge in [-0.25, -0.2) is 4.79 Å². The van der Waals surface area contributed by atoms with Crippen LogP contribution in [-0.2, 0) is 17.8 Å². The summed E-state index contributed by atoms with van der Waals surface area (Å²) in [6, 6.07) is 6.93. The number of methoxy groups -OCH3 is 2. The highest BCUT2D eigenvalue weighted by Crippen LogP contribution is 2.31. The minimum Gasteiger partial charge on any atom is -0.493 e. The van der Waals surface area contributed by atoms with Crippen LogP contribution in [0.15, 0.2) is 28.8 Å². The molecule has 0 saturated carbocycles. The van der Waals surface area contributed by atoms with Crippen LogP contribution in [0.3, 0.4) is 0 Å². The van der Waals surface area contributed by atoms with Crippen LogP contribution in [0.2, 0.25) is 0 Å².